The molecular weight excluding hydrogens is 230 g/mol. The summed E-state index contributed by atoms with van der Waals surface area (Å²) >= 11 is 2.00. The van der Waals surface area contributed by atoms with Crippen LogP contribution in [0.5, 0.6) is 0 Å². The molecule has 1 saturated carbocycles. The van der Waals surface area contributed by atoms with E-state index in [0.717, 1.165) is 18.1 Å². The molecule has 1 heterocycles. The van der Waals surface area contributed by atoms with Crippen molar-refractivity contribution in [3.8, 4) is 0 Å². The molecule has 1 aliphatic carbocycles. The Morgan fingerprint density at radius 2 is 2.18 bits per heavy atom. The molecule has 2 aliphatic rings. The van der Waals surface area contributed by atoms with Crippen molar-refractivity contribution in [3.63, 3.8) is 0 Å². The van der Waals surface area contributed by atoms with Gasteiger partial charge in [-0.25, -0.2) is 0 Å². The van der Waals surface area contributed by atoms with Gasteiger partial charge in [-0.2, -0.15) is 11.8 Å². The van der Waals surface area contributed by atoms with Gasteiger partial charge in [0.1, 0.15) is 0 Å². The third-order valence-corrected chi connectivity index (χ3v) is 5.07. The van der Waals surface area contributed by atoms with E-state index < -0.39 is 0 Å². The Morgan fingerprint density at radius 3 is 2.94 bits per heavy atom. The van der Waals surface area contributed by atoms with Crippen LogP contribution in [0.1, 0.15) is 30.0 Å². The van der Waals surface area contributed by atoms with Crippen molar-refractivity contribution in [1.29, 1.82) is 0 Å². The van der Waals surface area contributed by atoms with Crippen LogP contribution in [-0.4, -0.2) is 24.0 Å². The number of fused-ring (bicyclic) bond motifs is 1. The van der Waals surface area contributed by atoms with Crippen molar-refractivity contribution in [2.24, 2.45) is 5.41 Å². The summed E-state index contributed by atoms with van der Waals surface area (Å²) in [6.45, 7) is 1.30. The van der Waals surface area contributed by atoms with Gasteiger partial charge >= 0.3 is 0 Å². The van der Waals surface area contributed by atoms with Gasteiger partial charge in [0.25, 0.3) is 0 Å². The molecule has 3 rings (SSSR count). The minimum atomic E-state index is 0.205. The van der Waals surface area contributed by atoms with Crippen molar-refractivity contribution >= 4 is 11.8 Å². The van der Waals surface area contributed by atoms with Gasteiger partial charge < -0.3 is 10.4 Å². The van der Waals surface area contributed by atoms with Crippen molar-refractivity contribution in [3.05, 3.63) is 35.4 Å². The van der Waals surface area contributed by atoms with Crippen molar-refractivity contribution in [2.75, 3.05) is 18.9 Å². The highest BCUT2D eigenvalue weighted by Gasteiger charge is 2.42. The SMILES string of the molecule is OCC1(CNC2CSCc3ccccc32)CC1. The van der Waals surface area contributed by atoms with E-state index in [1.807, 2.05) is 11.8 Å². The molecule has 17 heavy (non-hydrogen) atoms. The van der Waals surface area contributed by atoms with Gasteiger partial charge in [0.15, 0.2) is 0 Å². The van der Waals surface area contributed by atoms with Gasteiger partial charge in [0.05, 0.1) is 0 Å². The molecule has 1 unspecified atom stereocenters. The topological polar surface area (TPSA) is 32.3 Å². The van der Waals surface area contributed by atoms with Gasteiger partial charge in [-0.1, -0.05) is 24.3 Å². The normalized spacial score (nSPS) is 25.4. The van der Waals surface area contributed by atoms with E-state index >= 15 is 0 Å². The van der Waals surface area contributed by atoms with Crippen molar-refractivity contribution < 1.29 is 5.11 Å². The standard InChI is InChI=1S/C14H19NOS/c16-10-14(5-6-14)9-15-13-8-17-7-11-3-1-2-4-12(11)13/h1-4,13,15-16H,5-10H2. The van der Waals surface area contributed by atoms with Gasteiger partial charge in [0, 0.05) is 36.1 Å². The first-order valence-corrected chi connectivity index (χ1v) is 7.48. The lowest BCUT2D eigenvalue weighted by molar-refractivity contribution is 0.205. The van der Waals surface area contributed by atoms with Crippen molar-refractivity contribution in [2.45, 2.75) is 24.6 Å². The van der Waals surface area contributed by atoms with E-state index in [4.69, 9.17) is 0 Å². The summed E-state index contributed by atoms with van der Waals surface area (Å²) in [6.07, 6.45) is 2.36. The molecule has 0 bridgehead atoms. The summed E-state index contributed by atoms with van der Waals surface area (Å²) in [5.41, 5.74) is 3.13. The first kappa shape index (κ1) is 11.6. The number of rotatable bonds is 4. The first-order valence-electron chi connectivity index (χ1n) is 6.33. The fourth-order valence-electron chi connectivity index (χ4n) is 2.46. The van der Waals surface area contributed by atoms with Crippen LogP contribution in [-0.2, 0) is 5.75 Å². The molecule has 1 atom stereocenters. The largest absolute Gasteiger partial charge is 0.396 e. The van der Waals surface area contributed by atoms with Crippen LogP contribution in [0.25, 0.3) is 0 Å². The van der Waals surface area contributed by atoms with Crippen LogP contribution in [0.15, 0.2) is 24.3 Å². The molecule has 2 nitrogen and oxygen atoms in total. The molecule has 3 heteroatoms. The van der Waals surface area contributed by atoms with Gasteiger partial charge in [-0.15, -0.1) is 0 Å². The Bertz CT molecular complexity index is 403. The van der Waals surface area contributed by atoms with E-state index in [1.54, 1.807) is 0 Å². The maximum absolute atomic E-state index is 9.34. The smallest absolute Gasteiger partial charge is 0.0499 e. The second-order valence-corrected chi connectivity index (χ2v) is 6.34. The Kier molecular flexibility index (Phi) is 3.16. The molecule has 1 aromatic carbocycles. The summed E-state index contributed by atoms with van der Waals surface area (Å²) in [5.74, 6) is 2.29. The minimum absolute atomic E-state index is 0.205. The van der Waals surface area contributed by atoms with Crippen LogP contribution in [0, 0.1) is 5.41 Å². The van der Waals surface area contributed by atoms with Crippen molar-refractivity contribution in [1.82, 2.24) is 5.32 Å². The fraction of sp³-hybridized carbons (Fsp3) is 0.571. The second-order valence-electron chi connectivity index (χ2n) is 5.31. The zero-order valence-electron chi connectivity index (χ0n) is 9.98. The molecule has 1 fully saturated rings. The maximum atomic E-state index is 9.34. The van der Waals surface area contributed by atoms with E-state index in [1.165, 1.54) is 24.0 Å². The molecule has 2 N–H and O–H groups in total. The number of hydrogen-bond donors (Lipinski definition) is 2. The molecule has 0 saturated heterocycles. The third kappa shape index (κ3) is 2.37. The third-order valence-electron chi connectivity index (χ3n) is 3.99. The maximum Gasteiger partial charge on any atom is 0.0499 e. The molecule has 0 amide bonds. The predicted octanol–water partition coefficient (Wildman–Crippen LogP) is 2.34. The van der Waals surface area contributed by atoms with Crippen LogP contribution >= 0.6 is 11.8 Å². The molecule has 1 aromatic rings. The van der Waals surface area contributed by atoms with Gasteiger partial charge in [0.2, 0.25) is 0 Å². The highest BCUT2D eigenvalue weighted by atomic mass is 32.2. The Hall–Kier alpha value is -0.510. The summed E-state index contributed by atoms with van der Waals surface area (Å²) in [6, 6.07) is 9.19. The zero-order valence-corrected chi connectivity index (χ0v) is 10.8. The number of aliphatic hydroxyl groups excluding tert-OH is 1. The summed E-state index contributed by atoms with van der Waals surface area (Å²) < 4.78 is 0. The lowest BCUT2D eigenvalue weighted by Gasteiger charge is -2.27. The number of nitrogens with one attached hydrogen (secondary N) is 1. The molecular formula is C14H19NOS. The first-order chi connectivity index (χ1) is 8.33. The number of hydrogen-bond acceptors (Lipinski definition) is 3. The molecule has 0 spiro atoms. The van der Waals surface area contributed by atoms with Crippen LogP contribution < -0.4 is 5.32 Å². The predicted molar refractivity (Wildman–Crippen MR) is 72.1 cm³/mol. The summed E-state index contributed by atoms with van der Waals surface area (Å²) in [7, 11) is 0. The van der Waals surface area contributed by atoms with E-state index in [2.05, 4.69) is 29.6 Å². The van der Waals surface area contributed by atoms with Crippen LogP contribution in [0.4, 0.5) is 0 Å². The second kappa shape index (κ2) is 4.63. The molecule has 92 valence electrons. The lowest BCUT2D eigenvalue weighted by Crippen LogP contribution is -2.33. The number of benzene rings is 1. The van der Waals surface area contributed by atoms with Crippen LogP contribution in [0.3, 0.4) is 0 Å². The number of aliphatic hydroxyl groups is 1. The highest BCUT2D eigenvalue weighted by molar-refractivity contribution is 7.98. The Labute approximate surface area is 107 Å². The lowest BCUT2D eigenvalue weighted by atomic mass is 10.0. The van der Waals surface area contributed by atoms with Gasteiger partial charge in [-0.05, 0) is 24.0 Å². The summed E-state index contributed by atoms with van der Waals surface area (Å²) in [4.78, 5) is 0. The van der Waals surface area contributed by atoms with E-state index in [-0.39, 0.29) is 5.41 Å². The molecule has 0 aromatic heterocycles. The van der Waals surface area contributed by atoms with Gasteiger partial charge in [-0.3, -0.25) is 0 Å². The average molecular weight is 249 g/mol. The number of thioether (sulfide) groups is 1. The average Bonchev–Trinajstić information content (AvgIpc) is 3.17. The Morgan fingerprint density at radius 1 is 1.35 bits per heavy atom. The minimum Gasteiger partial charge on any atom is -0.396 e. The highest BCUT2D eigenvalue weighted by Crippen LogP contribution is 2.45. The monoisotopic (exact) mass is 249 g/mol. The van der Waals surface area contributed by atoms with E-state index in [9.17, 15) is 5.11 Å². The molecule has 0 radical (unpaired) electrons. The Balaban J connectivity index is 1.68. The quantitative estimate of drug-likeness (QED) is 0.859. The van der Waals surface area contributed by atoms with E-state index in [0.29, 0.717) is 12.6 Å². The zero-order chi connectivity index (χ0) is 11.7. The van der Waals surface area contributed by atoms with Crippen LogP contribution in [0.2, 0.25) is 0 Å². The molecule has 1 aliphatic heterocycles. The fourth-order valence-corrected chi connectivity index (χ4v) is 3.59. The summed E-state index contributed by atoms with van der Waals surface area (Å²) in [5, 5.41) is 13.0.